The molecule has 0 saturated carbocycles. The molecule has 0 aliphatic carbocycles. The Bertz CT molecular complexity index is 457. The second kappa shape index (κ2) is 6.04. The summed E-state index contributed by atoms with van der Waals surface area (Å²) in [6.45, 7) is 0.891. The van der Waals surface area contributed by atoms with Gasteiger partial charge in [-0.05, 0) is 17.7 Å². The van der Waals surface area contributed by atoms with E-state index in [0.717, 1.165) is 12.3 Å². The molecule has 96 valence electrons. The van der Waals surface area contributed by atoms with Crippen LogP contribution in [0.15, 0.2) is 18.2 Å². The van der Waals surface area contributed by atoms with Crippen LogP contribution in [0, 0.1) is 11.6 Å². The average Bonchev–Trinajstić information content (AvgIpc) is 2.13. The zero-order valence-corrected chi connectivity index (χ0v) is 10.2. The van der Waals surface area contributed by atoms with E-state index < -0.39 is 21.7 Å². The summed E-state index contributed by atoms with van der Waals surface area (Å²) in [6.07, 6.45) is 1.06. The largest absolute Gasteiger partial charge is 0.311 e. The lowest BCUT2D eigenvalue weighted by atomic mass is 10.2. The molecule has 0 spiro atoms. The first kappa shape index (κ1) is 14.0. The first-order valence-corrected chi connectivity index (χ1v) is 6.86. The Morgan fingerprint density at radius 2 is 1.71 bits per heavy atom. The van der Waals surface area contributed by atoms with Crippen LogP contribution in [0.5, 0.6) is 0 Å². The van der Waals surface area contributed by atoms with Gasteiger partial charge in [0, 0.05) is 25.7 Å². The highest BCUT2D eigenvalue weighted by atomic mass is 32.2. The van der Waals surface area contributed by atoms with Crippen LogP contribution in [0.3, 0.4) is 0 Å². The number of sulfonamides is 1. The molecule has 0 saturated heterocycles. The topological polar surface area (TPSA) is 58.2 Å². The van der Waals surface area contributed by atoms with Crippen molar-refractivity contribution in [3.8, 4) is 0 Å². The smallest absolute Gasteiger partial charge is 0.208 e. The molecule has 0 radical (unpaired) electrons. The van der Waals surface area contributed by atoms with Crippen LogP contribution in [-0.4, -0.2) is 27.8 Å². The standard InChI is InChI=1S/C10H14F2N2O2S/c1-17(15,16)14-3-2-13-7-8-4-9(11)6-10(12)5-8/h4-6,13-14H,2-3,7H2,1H3. The van der Waals surface area contributed by atoms with E-state index in [4.69, 9.17) is 0 Å². The zero-order chi connectivity index (χ0) is 12.9. The summed E-state index contributed by atoms with van der Waals surface area (Å²) in [5, 5.41) is 2.87. The van der Waals surface area contributed by atoms with E-state index in [0.29, 0.717) is 12.1 Å². The molecule has 1 rings (SSSR count). The Labute approximate surface area is 99.1 Å². The lowest BCUT2D eigenvalue weighted by Gasteiger charge is -2.05. The Morgan fingerprint density at radius 1 is 1.12 bits per heavy atom. The molecule has 0 fully saturated rings. The Morgan fingerprint density at radius 3 is 2.24 bits per heavy atom. The number of halogens is 2. The fraction of sp³-hybridized carbons (Fsp3) is 0.400. The van der Waals surface area contributed by atoms with Crippen LogP contribution >= 0.6 is 0 Å². The van der Waals surface area contributed by atoms with E-state index in [1.54, 1.807) is 0 Å². The third-order valence-corrected chi connectivity index (χ3v) is 2.65. The molecule has 0 unspecified atom stereocenters. The second-order valence-electron chi connectivity index (χ2n) is 3.62. The minimum Gasteiger partial charge on any atom is -0.311 e. The van der Waals surface area contributed by atoms with Gasteiger partial charge in [-0.25, -0.2) is 21.9 Å². The van der Waals surface area contributed by atoms with Crippen LogP contribution < -0.4 is 10.0 Å². The molecule has 1 aromatic carbocycles. The maximum absolute atomic E-state index is 12.8. The highest BCUT2D eigenvalue weighted by Gasteiger charge is 2.01. The predicted molar refractivity (Wildman–Crippen MR) is 60.9 cm³/mol. The fourth-order valence-corrected chi connectivity index (χ4v) is 1.74. The van der Waals surface area contributed by atoms with Crippen molar-refractivity contribution in [3.05, 3.63) is 35.4 Å². The molecular weight excluding hydrogens is 250 g/mol. The van der Waals surface area contributed by atoms with Crippen molar-refractivity contribution >= 4 is 10.0 Å². The first-order chi connectivity index (χ1) is 7.87. The molecule has 2 N–H and O–H groups in total. The summed E-state index contributed by atoms with van der Waals surface area (Å²) in [4.78, 5) is 0. The van der Waals surface area contributed by atoms with Crippen molar-refractivity contribution in [2.45, 2.75) is 6.54 Å². The molecule has 0 bridgehead atoms. The molecule has 1 aromatic rings. The van der Waals surface area contributed by atoms with Gasteiger partial charge in [0.1, 0.15) is 11.6 Å². The summed E-state index contributed by atoms with van der Waals surface area (Å²) < 4.78 is 49.3. The lowest BCUT2D eigenvalue weighted by molar-refractivity contribution is 0.572. The summed E-state index contributed by atoms with van der Waals surface area (Å²) in [7, 11) is -3.19. The van der Waals surface area contributed by atoms with Gasteiger partial charge in [0.2, 0.25) is 10.0 Å². The van der Waals surface area contributed by atoms with Gasteiger partial charge < -0.3 is 5.32 Å². The van der Waals surface area contributed by atoms with Crippen LogP contribution in [0.2, 0.25) is 0 Å². The lowest BCUT2D eigenvalue weighted by Crippen LogP contribution is -2.30. The van der Waals surface area contributed by atoms with Gasteiger partial charge in [-0.3, -0.25) is 0 Å². The monoisotopic (exact) mass is 264 g/mol. The number of hydrogen-bond donors (Lipinski definition) is 2. The van der Waals surface area contributed by atoms with Gasteiger partial charge in [0.05, 0.1) is 6.26 Å². The molecular formula is C10H14F2N2O2S. The molecule has 0 aromatic heterocycles. The third-order valence-electron chi connectivity index (χ3n) is 1.92. The van der Waals surface area contributed by atoms with E-state index in [1.165, 1.54) is 12.1 Å². The van der Waals surface area contributed by atoms with Crippen molar-refractivity contribution in [2.75, 3.05) is 19.3 Å². The Kier molecular flexibility index (Phi) is 4.98. The number of hydrogen-bond acceptors (Lipinski definition) is 3. The summed E-state index contributed by atoms with van der Waals surface area (Å²) >= 11 is 0. The van der Waals surface area contributed by atoms with Gasteiger partial charge in [-0.1, -0.05) is 0 Å². The molecule has 0 amide bonds. The van der Waals surface area contributed by atoms with Crippen LogP contribution in [0.25, 0.3) is 0 Å². The number of nitrogens with one attached hydrogen (secondary N) is 2. The molecule has 4 nitrogen and oxygen atoms in total. The van der Waals surface area contributed by atoms with E-state index in [1.807, 2.05) is 0 Å². The van der Waals surface area contributed by atoms with Gasteiger partial charge in [-0.2, -0.15) is 0 Å². The SMILES string of the molecule is CS(=O)(=O)NCCNCc1cc(F)cc(F)c1. The number of rotatable bonds is 6. The Hall–Kier alpha value is -1.05. The minimum absolute atomic E-state index is 0.233. The molecule has 7 heteroatoms. The summed E-state index contributed by atoms with van der Waals surface area (Å²) in [6, 6.07) is 3.24. The second-order valence-corrected chi connectivity index (χ2v) is 5.45. The third kappa shape index (κ3) is 6.30. The van der Waals surface area contributed by atoms with Gasteiger partial charge >= 0.3 is 0 Å². The highest BCUT2D eigenvalue weighted by molar-refractivity contribution is 7.88. The normalized spacial score (nSPS) is 11.7. The van der Waals surface area contributed by atoms with Crippen LogP contribution in [0.4, 0.5) is 8.78 Å². The number of benzene rings is 1. The quantitative estimate of drug-likeness (QED) is 0.740. The van der Waals surface area contributed by atoms with E-state index in [-0.39, 0.29) is 13.1 Å². The summed E-state index contributed by atoms with van der Waals surface area (Å²) in [5.41, 5.74) is 0.474. The average molecular weight is 264 g/mol. The van der Waals surface area contributed by atoms with Crippen molar-refractivity contribution in [1.82, 2.24) is 10.0 Å². The molecule has 0 heterocycles. The van der Waals surface area contributed by atoms with E-state index in [9.17, 15) is 17.2 Å². The van der Waals surface area contributed by atoms with Crippen molar-refractivity contribution < 1.29 is 17.2 Å². The van der Waals surface area contributed by atoms with Crippen molar-refractivity contribution in [3.63, 3.8) is 0 Å². The highest BCUT2D eigenvalue weighted by Crippen LogP contribution is 2.07. The zero-order valence-electron chi connectivity index (χ0n) is 9.33. The van der Waals surface area contributed by atoms with Crippen molar-refractivity contribution in [2.24, 2.45) is 0 Å². The fourth-order valence-electron chi connectivity index (χ4n) is 1.27. The van der Waals surface area contributed by atoms with E-state index in [2.05, 4.69) is 10.0 Å². The van der Waals surface area contributed by atoms with Gasteiger partial charge in [-0.15, -0.1) is 0 Å². The molecule has 17 heavy (non-hydrogen) atoms. The molecule has 0 aliphatic rings. The van der Waals surface area contributed by atoms with Gasteiger partial charge in [0.15, 0.2) is 0 Å². The maximum atomic E-state index is 12.8. The Balaban J connectivity index is 2.31. The van der Waals surface area contributed by atoms with Crippen molar-refractivity contribution in [1.29, 1.82) is 0 Å². The maximum Gasteiger partial charge on any atom is 0.208 e. The predicted octanol–water partition coefficient (Wildman–Crippen LogP) is 0.604. The molecule has 0 atom stereocenters. The molecule has 0 aliphatic heterocycles. The van der Waals surface area contributed by atoms with Crippen LogP contribution in [0.1, 0.15) is 5.56 Å². The van der Waals surface area contributed by atoms with Gasteiger partial charge in [0.25, 0.3) is 0 Å². The van der Waals surface area contributed by atoms with Crippen LogP contribution in [-0.2, 0) is 16.6 Å². The first-order valence-electron chi connectivity index (χ1n) is 4.97. The summed E-state index contributed by atoms with van der Waals surface area (Å²) in [5.74, 6) is -1.26. The minimum atomic E-state index is -3.19. The van der Waals surface area contributed by atoms with E-state index >= 15 is 0 Å².